The van der Waals surface area contributed by atoms with Gasteiger partial charge >= 0.3 is 0 Å². The molecule has 0 spiro atoms. The summed E-state index contributed by atoms with van der Waals surface area (Å²) < 4.78 is 1.91. The second kappa shape index (κ2) is 8.49. The van der Waals surface area contributed by atoms with E-state index in [1.807, 2.05) is 23.6 Å². The lowest BCUT2D eigenvalue weighted by atomic mass is 10.1. The molecule has 5 nitrogen and oxygen atoms in total. The van der Waals surface area contributed by atoms with E-state index in [2.05, 4.69) is 47.3 Å². The second-order valence-corrected chi connectivity index (χ2v) is 7.27. The lowest BCUT2D eigenvalue weighted by Gasteiger charge is -2.22. The molecule has 0 radical (unpaired) electrons. The van der Waals surface area contributed by atoms with Gasteiger partial charge in [0.25, 0.3) is 0 Å². The first kappa shape index (κ1) is 18.6. The van der Waals surface area contributed by atoms with Crippen LogP contribution in [0.15, 0.2) is 30.3 Å². The number of hydrogen-bond donors (Lipinski definition) is 0. The SMILES string of the molecule is Cc1nn(C)c(C)c1CCC(=O)N1CCCN(Cc2ccccc2)CC1. The molecule has 3 rings (SSSR count). The fourth-order valence-electron chi connectivity index (χ4n) is 3.79. The van der Waals surface area contributed by atoms with Gasteiger partial charge in [-0.1, -0.05) is 30.3 Å². The summed E-state index contributed by atoms with van der Waals surface area (Å²) in [6.45, 7) is 8.78. The molecule has 26 heavy (non-hydrogen) atoms. The van der Waals surface area contributed by atoms with E-state index < -0.39 is 0 Å². The lowest BCUT2D eigenvalue weighted by Crippen LogP contribution is -2.35. The van der Waals surface area contributed by atoms with Crippen LogP contribution in [0.1, 0.15) is 35.4 Å². The van der Waals surface area contributed by atoms with E-state index in [1.165, 1.54) is 16.8 Å². The van der Waals surface area contributed by atoms with Crippen molar-refractivity contribution in [2.45, 2.75) is 39.7 Å². The zero-order valence-electron chi connectivity index (χ0n) is 16.2. The van der Waals surface area contributed by atoms with E-state index in [9.17, 15) is 4.79 Å². The molecule has 0 aliphatic carbocycles. The number of aromatic nitrogens is 2. The minimum atomic E-state index is 0.272. The average molecular weight is 354 g/mol. The maximum absolute atomic E-state index is 12.7. The summed E-state index contributed by atoms with van der Waals surface area (Å²) >= 11 is 0. The molecular formula is C21H30N4O. The third-order valence-electron chi connectivity index (χ3n) is 5.44. The first-order chi connectivity index (χ1) is 12.5. The molecular weight excluding hydrogens is 324 g/mol. The highest BCUT2D eigenvalue weighted by atomic mass is 16.2. The van der Waals surface area contributed by atoms with Crippen molar-refractivity contribution in [1.82, 2.24) is 19.6 Å². The summed E-state index contributed by atoms with van der Waals surface area (Å²) in [5.74, 6) is 0.272. The number of nitrogens with zero attached hydrogens (tertiary/aromatic N) is 4. The summed E-state index contributed by atoms with van der Waals surface area (Å²) in [7, 11) is 1.96. The Balaban J connectivity index is 1.51. The standard InChI is InChI=1S/C21H30N4O/c1-17-20(18(2)23(3)22-17)10-11-21(26)25-13-7-12-24(14-15-25)16-19-8-5-4-6-9-19/h4-6,8-9H,7,10-16H2,1-3H3. The van der Waals surface area contributed by atoms with E-state index in [0.29, 0.717) is 6.42 Å². The number of hydrogen-bond acceptors (Lipinski definition) is 3. The molecule has 1 aromatic carbocycles. The van der Waals surface area contributed by atoms with Gasteiger partial charge in [-0.2, -0.15) is 5.10 Å². The summed E-state index contributed by atoms with van der Waals surface area (Å²) in [6, 6.07) is 10.6. The van der Waals surface area contributed by atoms with Crippen molar-refractivity contribution in [3.8, 4) is 0 Å². The summed E-state index contributed by atoms with van der Waals surface area (Å²) in [5, 5.41) is 4.45. The molecule has 140 valence electrons. The van der Waals surface area contributed by atoms with E-state index >= 15 is 0 Å². The predicted molar refractivity (Wildman–Crippen MR) is 104 cm³/mol. The quantitative estimate of drug-likeness (QED) is 0.829. The molecule has 5 heteroatoms. The van der Waals surface area contributed by atoms with Crippen LogP contribution in [0.25, 0.3) is 0 Å². The molecule has 1 saturated heterocycles. The predicted octanol–water partition coefficient (Wildman–Crippen LogP) is 2.70. The molecule has 0 N–H and O–H groups in total. The van der Waals surface area contributed by atoms with Crippen LogP contribution < -0.4 is 0 Å². The van der Waals surface area contributed by atoms with Crippen LogP contribution in [0.2, 0.25) is 0 Å². The molecule has 2 heterocycles. The van der Waals surface area contributed by atoms with Gasteiger partial charge < -0.3 is 4.90 Å². The molecule has 2 aromatic rings. The highest BCUT2D eigenvalue weighted by Crippen LogP contribution is 2.16. The third-order valence-corrected chi connectivity index (χ3v) is 5.44. The Morgan fingerprint density at radius 2 is 1.85 bits per heavy atom. The van der Waals surface area contributed by atoms with E-state index in [-0.39, 0.29) is 5.91 Å². The molecule has 1 aliphatic heterocycles. The van der Waals surface area contributed by atoms with Crippen LogP contribution in [0.4, 0.5) is 0 Å². The second-order valence-electron chi connectivity index (χ2n) is 7.27. The van der Waals surface area contributed by atoms with Crippen LogP contribution in [0, 0.1) is 13.8 Å². The number of rotatable bonds is 5. The molecule has 1 aromatic heterocycles. The van der Waals surface area contributed by atoms with Crippen LogP contribution >= 0.6 is 0 Å². The Hall–Kier alpha value is -2.14. The molecule has 0 saturated carbocycles. The Labute approximate surface area is 156 Å². The maximum Gasteiger partial charge on any atom is 0.222 e. The number of carbonyl (C=O) groups excluding carboxylic acids is 1. The first-order valence-corrected chi connectivity index (χ1v) is 9.57. The smallest absolute Gasteiger partial charge is 0.222 e. The van der Waals surface area contributed by atoms with Gasteiger partial charge in [0.05, 0.1) is 5.69 Å². The number of aryl methyl sites for hydroxylation is 2. The highest BCUT2D eigenvalue weighted by molar-refractivity contribution is 5.76. The molecule has 1 fully saturated rings. The van der Waals surface area contributed by atoms with Gasteiger partial charge in [0.2, 0.25) is 5.91 Å². The normalized spacial score (nSPS) is 15.9. The minimum absolute atomic E-state index is 0.272. The summed E-state index contributed by atoms with van der Waals surface area (Å²) in [4.78, 5) is 17.2. The van der Waals surface area contributed by atoms with Crippen molar-refractivity contribution in [2.75, 3.05) is 26.2 Å². The van der Waals surface area contributed by atoms with Crippen LogP contribution in [0.5, 0.6) is 0 Å². The lowest BCUT2D eigenvalue weighted by molar-refractivity contribution is -0.131. The topological polar surface area (TPSA) is 41.4 Å². The molecule has 0 atom stereocenters. The van der Waals surface area contributed by atoms with Crippen molar-refractivity contribution in [3.63, 3.8) is 0 Å². The Bertz CT molecular complexity index is 738. The van der Waals surface area contributed by atoms with Crippen molar-refractivity contribution < 1.29 is 4.79 Å². The molecule has 1 amide bonds. The molecule has 0 unspecified atom stereocenters. The third kappa shape index (κ3) is 4.52. The zero-order valence-corrected chi connectivity index (χ0v) is 16.2. The van der Waals surface area contributed by atoms with Gasteiger partial charge in [-0.25, -0.2) is 0 Å². The largest absolute Gasteiger partial charge is 0.341 e. The Morgan fingerprint density at radius 3 is 2.54 bits per heavy atom. The Kier molecular flexibility index (Phi) is 6.09. The zero-order chi connectivity index (χ0) is 18.5. The molecule has 0 bridgehead atoms. The van der Waals surface area contributed by atoms with Gasteiger partial charge in [0.15, 0.2) is 0 Å². The van der Waals surface area contributed by atoms with Gasteiger partial charge in [0.1, 0.15) is 0 Å². The van der Waals surface area contributed by atoms with Crippen molar-refractivity contribution >= 4 is 5.91 Å². The van der Waals surface area contributed by atoms with E-state index in [0.717, 1.165) is 51.3 Å². The average Bonchev–Trinajstić information content (AvgIpc) is 2.81. The van der Waals surface area contributed by atoms with Gasteiger partial charge in [-0.05, 0) is 37.8 Å². The number of benzene rings is 1. The molecule has 1 aliphatic rings. The van der Waals surface area contributed by atoms with Crippen molar-refractivity contribution in [1.29, 1.82) is 0 Å². The summed E-state index contributed by atoms with van der Waals surface area (Å²) in [5.41, 5.74) is 4.78. The van der Waals surface area contributed by atoms with Gasteiger partial charge in [0, 0.05) is 51.9 Å². The Morgan fingerprint density at radius 1 is 1.08 bits per heavy atom. The van der Waals surface area contributed by atoms with Gasteiger partial charge in [-0.15, -0.1) is 0 Å². The number of carbonyl (C=O) groups is 1. The van der Waals surface area contributed by atoms with Crippen molar-refractivity contribution in [3.05, 3.63) is 52.8 Å². The fourth-order valence-corrected chi connectivity index (χ4v) is 3.79. The van der Waals surface area contributed by atoms with Crippen LogP contribution in [-0.4, -0.2) is 51.7 Å². The fraction of sp³-hybridized carbons (Fsp3) is 0.524. The van der Waals surface area contributed by atoms with Crippen LogP contribution in [0.3, 0.4) is 0 Å². The van der Waals surface area contributed by atoms with Crippen molar-refractivity contribution in [2.24, 2.45) is 7.05 Å². The van der Waals surface area contributed by atoms with Gasteiger partial charge in [-0.3, -0.25) is 14.4 Å². The van der Waals surface area contributed by atoms with Crippen LogP contribution in [-0.2, 0) is 24.8 Å². The summed E-state index contributed by atoms with van der Waals surface area (Å²) in [6.07, 6.45) is 2.41. The minimum Gasteiger partial charge on any atom is -0.341 e. The van der Waals surface area contributed by atoms with E-state index in [4.69, 9.17) is 0 Å². The first-order valence-electron chi connectivity index (χ1n) is 9.57. The monoisotopic (exact) mass is 354 g/mol. The highest BCUT2D eigenvalue weighted by Gasteiger charge is 2.20. The van der Waals surface area contributed by atoms with E-state index in [1.54, 1.807) is 0 Å². The maximum atomic E-state index is 12.7. The number of amides is 1.